The molecule has 7 aliphatic rings. The van der Waals surface area contributed by atoms with Crippen LogP contribution in [0.25, 0.3) is 22.2 Å². The van der Waals surface area contributed by atoms with E-state index in [2.05, 4.69) is 56.6 Å². The lowest BCUT2D eigenvalue weighted by molar-refractivity contribution is -0.271. The number of carbonyl (C=O) groups is 5. The average molecular weight is 1090 g/mol. The zero-order chi connectivity index (χ0) is 55.8. The fourth-order valence-electron chi connectivity index (χ4n) is 12.9. The third-order valence-electron chi connectivity index (χ3n) is 16.8. The van der Waals surface area contributed by atoms with Gasteiger partial charge in [-0.25, -0.2) is 9.59 Å². The van der Waals surface area contributed by atoms with Gasteiger partial charge in [0.1, 0.15) is 55.5 Å². The summed E-state index contributed by atoms with van der Waals surface area (Å²) in [5, 5.41) is 74.2. The number of carboxylic acids is 1. The largest absolute Gasteiger partial charge is 0.479 e. The van der Waals surface area contributed by atoms with Gasteiger partial charge in [0.25, 0.3) is 0 Å². The Kier molecular flexibility index (Phi) is 14.2. The van der Waals surface area contributed by atoms with Crippen molar-refractivity contribution < 1.29 is 78.3 Å². The molecule has 4 amide bonds. The molecule has 1 aromatic heterocycles. The lowest BCUT2D eigenvalue weighted by Crippen LogP contribution is -2.67. The SMILES string of the molecule is COC1C(N(C)C(=O)OCc2ccc(OC3OC(C(=O)O)C(O)C(O)C3O)c(NC(=O)CCNC(=O)CCCCCN3C(=O)C=CC3O)c2)CC2OC1(C)N1C3=c4c(c5c#cccc5n42)=C2C(O)NCC2C3(C)c2ccccc21. The lowest BCUT2D eigenvalue weighted by Gasteiger charge is -2.53. The van der Waals surface area contributed by atoms with E-state index < -0.39 is 90.6 Å². The van der Waals surface area contributed by atoms with Crippen molar-refractivity contribution in [2.75, 3.05) is 44.0 Å². The van der Waals surface area contributed by atoms with Crippen LogP contribution in [-0.2, 0) is 50.1 Å². The number of hydrogen-bond donors (Lipinski definition) is 9. The minimum Gasteiger partial charge on any atom is -0.479 e. The van der Waals surface area contributed by atoms with E-state index in [1.165, 1.54) is 40.2 Å². The second-order valence-corrected chi connectivity index (χ2v) is 21.4. The summed E-state index contributed by atoms with van der Waals surface area (Å²) in [6.07, 6.45) is -9.08. The number of aromatic nitrogens is 1. The summed E-state index contributed by atoms with van der Waals surface area (Å²) in [6.45, 7) is 4.68. The first kappa shape index (κ1) is 53.9. The van der Waals surface area contributed by atoms with Gasteiger partial charge < -0.3 is 84.2 Å². The average Bonchev–Trinajstić information content (AvgIpc) is 2.43. The van der Waals surface area contributed by atoms with Crippen LogP contribution in [0.4, 0.5) is 16.2 Å². The van der Waals surface area contributed by atoms with Crippen molar-refractivity contribution in [2.24, 2.45) is 5.92 Å². The van der Waals surface area contributed by atoms with Gasteiger partial charge in [0.15, 0.2) is 11.8 Å². The minimum atomic E-state index is -1.99. The molecule has 3 saturated heterocycles. The summed E-state index contributed by atoms with van der Waals surface area (Å²) >= 11 is 0. The van der Waals surface area contributed by atoms with Gasteiger partial charge in [-0.15, -0.1) is 0 Å². The lowest BCUT2D eigenvalue weighted by atomic mass is 9.66. The van der Waals surface area contributed by atoms with Crippen LogP contribution in [0.15, 0.2) is 66.7 Å². The number of methoxy groups -OCH3 is 1. The minimum absolute atomic E-state index is 0.0314. The summed E-state index contributed by atoms with van der Waals surface area (Å²) in [4.78, 5) is 69.5. The summed E-state index contributed by atoms with van der Waals surface area (Å²) < 4.78 is 33.2. The number of anilines is 2. The number of ether oxygens (including phenoxy) is 5. The van der Waals surface area contributed by atoms with Crippen LogP contribution in [0.2, 0.25) is 0 Å². The number of benzene rings is 2. The van der Waals surface area contributed by atoms with Crippen molar-refractivity contribution in [1.29, 1.82) is 0 Å². The highest BCUT2D eigenvalue weighted by molar-refractivity contribution is 5.96. The van der Waals surface area contributed by atoms with E-state index in [9.17, 15) is 54.6 Å². The van der Waals surface area contributed by atoms with Crippen LogP contribution >= 0.6 is 0 Å². The first-order valence-corrected chi connectivity index (χ1v) is 26.4. The standard InChI is InChI=1S/C56H63N7O16/c1-55-30-13-8-10-15-34(30)63-49(55)44-42(43-31(55)26-58-51(43)71)29-12-7-9-14-33(29)62(44)41-25-35(50(75-4)56(63,2)79-41)60(3)54(74)76-27-28-17-18-36(77-53-47(70)45(68)46(69)48(78-53)52(72)73)32(24-28)59-38(65)21-22-57-37(64)16-6-5-11-23-61-39(66)19-20-40(61)67/h8-10,13-15,17-20,24,31,35,39,41,45-48,50-51,53,58,66,68-71H,5-6,11,16,21-23,25-27H2,1-4H3,(H,57,64)(H,59,65)(H,72,73). The Morgan fingerprint density at radius 1 is 0.975 bits per heavy atom. The zero-order valence-electron chi connectivity index (χ0n) is 43.8. The Morgan fingerprint density at radius 3 is 2.53 bits per heavy atom. The number of unbranched alkanes of at least 4 members (excludes halogenated alkanes) is 2. The number of amides is 4. The number of aliphatic hydroxyl groups excluding tert-OH is 5. The molecule has 6 aliphatic heterocycles. The number of nitrogens with zero attached hydrogens (tertiary/aromatic N) is 4. The van der Waals surface area contributed by atoms with Gasteiger partial charge in [0.05, 0.1) is 33.7 Å². The fourth-order valence-corrected chi connectivity index (χ4v) is 12.9. The van der Waals surface area contributed by atoms with Crippen LogP contribution < -0.4 is 36.2 Å². The van der Waals surface area contributed by atoms with E-state index in [-0.39, 0.29) is 61.6 Å². The molecule has 11 rings (SSSR count). The molecule has 13 atom stereocenters. The van der Waals surface area contributed by atoms with Crippen molar-refractivity contribution in [1.82, 2.24) is 25.0 Å². The van der Waals surface area contributed by atoms with Gasteiger partial charge in [-0.2, -0.15) is 0 Å². The quantitative estimate of drug-likeness (QED) is 0.0635. The number of hydrogen-bond acceptors (Lipinski definition) is 17. The molecular formula is C56H63N7O16. The van der Waals surface area contributed by atoms with Crippen molar-refractivity contribution in [3.8, 4) is 5.75 Å². The molecule has 23 nitrogen and oxygen atoms in total. The third-order valence-corrected chi connectivity index (χ3v) is 16.8. The number of para-hydroxylation sites is 1. The van der Waals surface area contributed by atoms with Crippen LogP contribution in [0.5, 0.6) is 5.75 Å². The molecule has 0 spiro atoms. The number of nitrogens with one attached hydrogen (secondary N) is 3. The highest BCUT2D eigenvalue weighted by Crippen LogP contribution is 2.61. The molecule has 4 aromatic rings. The Bertz CT molecular complexity index is 3280. The molecule has 3 fully saturated rings. The maximum atomic E-state index is 14.5. The van der Waals surface area contributed by atoms with Gasteiger partial charge in [0, 0.05) is 81.4 Å². The normalized spacial score (nSPS) is 30.8. The molecule has 2 bridgehead atoms. The van der Waals surface area contributed by atoms with E-state index >= 15 is 0 Å². The van der Waals surface area contributed by atoms with Gasteiger partial charge in [-0.3, -0.25) is 19.7 Å². The highest BCUT2D eigenvalue weighted by Gasteiger charge is 2.65. The van der Waals surface area contributed by atoms with Crippen LogP contribution in [-0.4, -0.2) is 170 Å². The number of rotatable bonds is 17. The van der Waals surface area contributed by atoms with Crippen LogP contribution in [0, 0.1) is 18.1 Å². The topological polar surface area (TPSA) is 304 Å². The van der Waals surface area contributed by atoms with Crippen molar-refractivity contribution in [2.45, 2.75) is 132 Å². The fraction of sp³-hybridized carbons (Fsp3) is 0.482. The van der Waals surface area contributed by atoms with Gasteiger partial charge in [0.2, 0.25) is 24.0 Å². The summed E-state index contributed by atoms with van der Waals surface area (Å²) in [6, 6.07) is 22.1. The maximum Gasteiger partial charge on any atom is 0.410 e. The smallest absolute Gasteiger partial charge is 0.410 e. The molecule has 3 aromatic carbocycles. The molecule has 1 aliphatic carbocycles. The maximum absolute atomic E-state index is 14.5. The molecule has 418 valence electrons. The van der Waals surface area contributed by atoms with Gasteiger partial charge in [-0.1, -0.05) is 42.8 Å². The number of fused-ring (bicyclic) bond motifs is 12. The number of likely N-dealkylation sites (N-methyl/N-ethyl adjacent to an activating group) is 1. The van der Waals surface area contributed by atoms with Gasteiger partial charge in [-0.05, 0) is 79.8 Å². The summed E-state index contributed by atoms with van der Waals surface area (Å²) in [5.41, 5.74) is 3.14. The summed E-state index contributed by atoms with van der Waals surface area (Å²) in [7, 11) is 3.22. The van der Waals surface area contributed by atoms with E-state index in [1.807, 2.05) is 25.1 Å². The number of carbonyl (C=O) groups excluding carboxylic acids is 4. The van der Waals surface area contributed by atoms with E-state index in [0.717, 1.165) is 44.0 Å². The molecule has 13 unspecified atom stereocenters. The third kappa shape index (κ3) is 8.95. The molecule has 7 heterocycles. The molecular weight excluding hydrogens is 1030 g/mol. The van der Waals surface area contributed by atoms with E-state index in [0.29, 0.717) is 37.9 Å². The Hall–Kier alpha value is -7.11. The first-order chi connectivity index (χ1) is 37.9. The Labute approximate surface area is 453 Å². The Morgan fingerprint density at radius 2 is 1.77 bits per heavy atom. The molecule has 0 saturated carbocycles. The summed E-state index contributed by atoms with van der Waals surface area (Å²) in [5.74, 6) is -3.09. The Balaban J connectivity index is 0.824. The predicted octanol–water partition coefficient (Wildman–Crippen LogP) is 0.124. The zero-order valence-corrected chi connectivity index (χ0v) is 43.8. The second-order valence-electron chi connectivity index (χ2n) is 21.4. The highest BCUT2D eigenvalue weighted by atomic mass is 16.7. The molecule has 0 radical (unpaired) electrons. The molecule has 23 heteroatoms. The van der Waals surface area contributed by atoms with Crippen molar-refractivity contribution in [3.05, 3.63) is 101 Å². The van der Waals surface area contributed by atoms with E-state index in [4.69, 9.17) is 23.7 Å². The molecule has 9 N–H and O–H groups in total. The number of carboxylic acid groups (broad SMARTS) is 1. The van der Waals surface area contributed by atoms with Gasteiger partial charge >= 0.3 is 12.1 Å². The predicted molar refractivity (Wildman–Crippen MR) is 278 cm³/mol. The van der Waals surface area contributed by atoms with Crippen molar-refractivity contribution in [3.63, 3.8) is 0 Å². The first-order valence-electron chi connectivity index (χ1n) is 26.4. The van der Waals surface area contributed by atoms with Crippen LogP contribution in [0.1, 0.15) is 69.7 Å². The second kappa shape index (κ2) is 20.8. The van der Waals surface area contributed by atoms with Crippen LogP contribution in [0.3, 0.4) is 0 Å². The monoisotopic (exact) mass is 1090 g/mol. The van der Waals surface area contributed by atoms with E-state index in [1.54, 1.807) is 20.2 Å². The number of aliphatic hydroxyl groups is 5. The van der Waals surface area contributed by atoms with Crippen molar-refractivity contribution >= 4 is 63.3 Å². The number of aliphatic carboxylic acids is 1. The molecule has 79 heavy (non-hydrogen) atoms.